The van der Waals surface area contributed by atoms with Crippen LogP contribution in [0.25, 0.3) is 16.0 Å². The Morgan fingerprint density at radius 1 is 1.22 bits per heavy atom. The van der Waals surface area contributed by atoms with Gasteiger partial charge in [-0.25, -0.2) is 4.98 Å². The molecular formula is C24H15ClN4O6S. The van der Waals surface area contributed by atoms with Gasteiger partial charge in [0.05, 0.1) is 38.9 Å². The lowest BCUT2D eigenvalue weighted by molar-refractivity contribution is -0.384. The molecule has 2 aromatic heterocycles. The van der Waals surface area contributed by atoms with E-state index in [4.69, 9.17) is 16.3 Å². The van der Waals surface area contributed by atoms with Crippen LogP contribution in [-0.2, 0) is 9.59 Å². The molecule has 0 radical (unpaired) electrons. The molecule has 1 aliphatic heterocycles. The van der Waals surface area contributed by atoms with Crippen molar-refractivity contribution >= 4 is 61.4 Å². The van der Waals surface area contributed by atoms with Crippen LogP contribution in [0.1, 0.15) is 17.2 Å². The maximum absolute atomic E-state index is 13.3. The highest BCUT2D eigenvalue weighted by Crippen LogP contribution is 2.44. The van der Waals surface area contributed by atoms with E-state index in [0.717, 1.165) is 11.3 Å². The third-order valence-corrected chi connectivity index (χ3v) is 6.98. The fraction of sp³-hybridized carbons (Fsp3) is 0.0833. The maximum Gasteiger partial charge on any atom is 0.301 e. The largest absolute Gasteiger partial charge is 0.507 e. The Morgan fingerprint density at radius 3 is 2.72 bits per heavy atom. The minimum Gasteiger partial charge on any atom is -0.507 e. The SMILES string of the molecule is COc1cc(/C(O)=C2\C(=O)C(=O)N(c3nc4ccc([N+](=O)[O-])cc4s3)C2c2cccnc2)ccc1Cl. The van der Waals surface area contributed by atoms with Crippen molar-refractivity contribution in [1.82, 2.24) is 9.97 Å². The Bertz CT molecular complexity index is 1590. The van der Waals surface area contributed by atoms with Crippen molar-refractivity contribution in [2.75, 3.05) is 12.0 Å². The lowest BCUT2D eigenvalue weighted by Crippen LogP contribution is -2.29. The van der Waals surface area contributed by atoms with Gasteiger partial charge in [-0.2, -0.15) is 0 Å². The molecule has 0 aliphatic carbocycles. The molecule has 12 heteroatoms. The number of nitro benzene ring substituents is 1. The number of ether oxygens (including phenoxy) is 1. The zero-order valence-corrected chi connectivity index (χ0v) is 20.0. The Labute approximate surface area is 212 Å². The second-order valence-electron chi connectivity index (χ2n) is 7.71. The van der Waals surface area contributed by atoms with Crippen molar-refractivity contribution < 1.29 is 24.4 Å². The van der Waals surface area contributed by atoms with Crippen molar-refractivity contribution in [2.24, 2.45) is 0 Å². The average Bonchev–Trinajstić information content (AvgIpc) is 3.42. The first-order valence-electron chi connectivity index (χ1n) is 10.4. The lowest BCUT2D eigenvalue weighted by Gasteiger charge is -2.22. The number of thiazole rings is 1. The monoisotopic (exact) mass is 522 g/mol. The number of Topliss-reactive ketones (excluding diaryl/α,β-unsaturated/α-hetero) is 1. The molecule has 3 heterocycles. The van der Waals surface area contributed by atoms with Gasteiger partial charge in [0.25, 0.3) is 11.5 Å². The van der Waals surface area contributed by atoms with Crippen molar-refractivity contribution in [3.8, 4) is 5.75 Å². The summed E-state index contributed by atoms with van der Waals surface area (Å²) in [6.07, 6.45) is 3.02. The molecule has 36 heavy (non-hydrogen) atoms. The number of carbonyl (C=O) groups is 2. The van der Waals surface area contributed by atoms with Gasteiger partial charge >= 0.3 is 5.91 Å². The smallest absolute Gasteiger partial charge is 0.301 e. The summed E-state index contributed by atoms with van der Waals surface area (Å²) in [7, 11) is 1.41. The van der Waals surface area contributed by atoms with Crippen LogP contribution in [0.4, 0.5) is 10.8 Å². The molecule has 4 aromatic rings. The van der Waals surface area contributed by atoms with E-state index in [1.165, 1.54) is 60.8 Å². The van der Waals surface area contributed by atoms with E-state index < -0.39 is 28.4 Å². The molecule has 1 atom stereocenters. The van der Waals surface area contributed by atoms with Crippen LogP contribution in [0.2, 0.25) is 5.02 Å². The molecule has 2 aromatic carbocycles. The van der Waals surface area contributed by atoms with Crippen molar-refractivity contribution in [3.63, 3.8) is 0 Å². The second-order valence-corrected chi connectivity index (χ2v) is 9.13. The lowest BCUT2D eigenvalue weighted by atomic mass is 9.96. The average molecular weight is 523 g/mol. The topological polar surface area (TPSA) is 136 Å². The maximum atomic E-state index is 13.3. The van der Waals surface area contributed by atoms with Crippen molar-refractivity contribution in [3.05, 3.63) is 92.8 Å². The molecule has 10 nitrogen and oxygen atoms in total. The molecule has 0 saturated carbocycles. The van der Waals surface area contributed by atoms with Crippen LogP contribution in [0, 0.1) is 10.1 Å². The van der Waals surface area contributed by atoms with E-state index in [-0.39, 0.29) is 27.7 Å². The number of pyridine rings is 1. The third kappa shape index (κ3) is 3.84. The first-order chi connectivity index (χ1) is 17.3. The number of anilines is 1. The van der Waals surface area contributed by atoms with Gasteiger partial charge in [-0.3, -0.25) is 29.6 Å². The predicted molar refractivity (Wildman–Crippen MR) is 133 cm³/mol. The normalized spacial score (nSPS) is 17.1. The number of nitro groups is 1. The third-order valence-electron chi connectivity index (χ3n) is 5.65. The van der Waals surface area contributed by atoms with Crippen molar-refractivity contribution in [2.45, 2.75) is 6.04 Å². The van der Waals surface area contributed by atoms with Gasteiger partial charge in [0.1, 0.15) is 11.5 Å². The van der Waals surface area contributed by atoms with Gasteiger partial charge in [0, 0.05) is 30.1 Å². The number of aromatic nitrogens is 2. The summed E-state index contributed by atoms with van der Waals surface area (Å²) in [6, 6.07) is 10.9. The van der Waals surface area contributed by atoms with Gasteiger partial charge in [-0.15, -0.1) is 0 Å². The number of hydrogen-bond acceptors (Lipinski definition) is 9. The fourth-order valence-corrected chi connectivity index (χ4v) is 5.18. The molecular weight excluding hydrogens is 508 g/mol. The van der Waals surface area contributed by atoms with Crippen LogP contribution >= 0.6 is 22.9 Å². The Balaban J connectivity index is 1.71. The molecule has 1 fully saturated rings. The van der Waals surface area contributed by atoms with E-state index in [1.807, 2.05) is 0 Å². The highest BCUT2D eigenvalue weighted by molar-refractivity contribution is 7.22. The predicted octanol–water partition coefficient (Wildman–Crippen LogP) is 4.89. The molecule has 1 amide bonds. The molecule has 1 unspecified atom stereocenters. The van der Waals surface area contributed by atoms with Gasteiger partial charge in [-0.05, 0) is 35.9 Å². The quantitative estimate of drug-likeness (QED) is 0.129. The molecule has 0 bridgehead atoms. The molecule has 180 valence electrons. The number of aliphatic hydroxyl groups excluding tert-OH is 1. The fourth-order valence-electron chi connectivity index (χ4n) is 3.96. The summed E-state index contributed by atoms with van der Waals surface area (Å²) in [5.41, 5.74) is 0.824. The summed E-state index contributed by atoms with van der Waals surface area (Å²) < 4.78 is 5.68. The minimum atomic E-state index is -1.05. The summed E-state index contributed by atoms with van der Waals surface area (Å²) in [5, 5.41) is 22.9. The summed E-state index contributed by atoms with van der Waals surface area (Å²) >= 11 is 7.12. The van der Waals surface area contributed by atoms with Gasteiger partial charge < -0.3 is 9.84 Å². The molecule has 1 saturated heterocycles. The van der Waals surface area contributed by atoms with E-state index in [1.54, 1.807) is 12.1 Å². The van der Waals surface area contributed by atoms with E-state index >= 15 is 0 Å². The molecule has 0 spiro atoms. The number of halogens is 1. The zero-order chi connectivity index (χ0) is 25.6. The van der Waals surface area contributed by atoms with Crippen LogP contribution in [0.5, 0.6) is 5.75 Å². The van der Waals surface area contributed by atoms with Crippen LogP contribution in [0.15, 0.2) is 66.5 Å². The Kier molecular flexibility index (Phi) is 5.86. The molecule has 1 N–H and O–H groups in total. The number of benzene rings is 2. The molecule has 1 aliphatic rings. The highest BCUT2D eigenvalue weighted by atomic mass is 35.5. The standard InChI is InChI=1S/C24H15ClN4O6S/c1-35-17-9-12(4-6-15(17)25)21(30)19-20(13-3-2-8-26-11-13)28(23(32)22(19)31)24-27-16-7-5-14(29(33)34)10-18(16)36-24/h2-11,20,30H,1H3/b21-19+. The van der Waals surface area contributed by atoms with E-state index in [2.05, 4.69) is 9.97 Å². The number of non-ortho nitro benzene ring substituents is 1. The van der Waals surface area contributed by atoms with Crippen LogP contribution in [0.3, 0.4) is 0 Å². The van der Waals surface area contributed by atoms with E-state index in [9.17, 15) is 24.8 Å². The van der Waals surface area contributed by atoms with Crippen LogP contribution in [-0.4, -0.2) is 38.8 Å². The van der Waals surface area contributed by atoms with Gasteiger partial charge in [0.2, 0.25) is 0 Å². The van der Waals surface area contributed by atoms with Crippen LogP contribution < -0.4 is 9.64 Å². The Morgan fingerprint density at radius 2 is 2.03 bits per heavy atom. The zero-order valence-electron chi connectivity index (χ0n) is 18.4. The minimum absolute atomic E-state index is 0.125. The number of fused-ring (bicyclic) bond motifs is 1. The number of ketones is 1. The number of amides is 1. The number of nitrogens with zero attached hydrogens (tertiary/aromatic N) is 4. The first-order valence-corrected chi connectivity index (χ1v) is 11.6. The number of hydrogen-bond donors (Lipinski definition) is 1. The van der Waals surface area contributed by atoms with Crippen molar-refractivity contribution in [1.29, 1.82) is 0 Å². The second kappa shape index (κ2) is 9.02. The Hall–Kier alpha value is -4.35. The summed E-state index contributed by atoms with van der Waals surface area (Å²) in [6.45, 7) is 0. The number of carbonyl (C=O) groups excluding carboxylic acids is 2. The van der Waals surface area contributed by atoms with Gasteiger partial charge in [0.15, 0.2) is 5.13 Å². The van der Waals surface area contributed by atoms with Gasteiger partial charge in [-0.1, -0.05) is 29.0 Å². The summed E-state index contributed by atoms with van der Waals surface area (Å²) in [4.78, 5) is 46.9. The number of methoxy groups -OCH3 is 1. The highest BCUT2D eigenvalue weighted by Gasteiger charge is 2.48. The van der Waals surface area contributed by atoms with E-state index in [0.29, 0.717) is 20.8 Å². The molecule has 5 rings (SSSR count). The number of aliphatic hydroxyl groups is 1. The number of rotatable bonds is 5. The first kappa shape index (κ1) is 23.4. The summed E-state index contributed by atoms with van der Waals surface area (Å²) in [5.74, 6) is -1.96.